The monoisotopic (exact) mass is 259 g/mol. The highest BCUT2D eigenvalue weighted by atomic mass is 35.5. The molecule has 0 aliphatic rings. The van der Waals surface area contributed by atoms with Crippen molar-refractivity contribution in [3.05, 3.63) is 70.2 Å². The maximum atomic E-state index is 6.12. The van der Waals surface area contributed by atoms with Crippen molar-refractivity contribution >= 4 is 11.6 Å². The highest BCUT2D eigenvalue weighted by molar-refractivity contribution is 6.31. The van der Waals surface area contributed by atoms with Gasteiger partial charge in [0.25, 0.3) is 0 Å². The predicted octanol–water partition coefficient (Wildman–Crippen LogP) is 4.50. The van der Waals surface area contributed by atoms with Crippen molar-refractivity contribution in [3.8, 4) is 0 Å². The zero-order valence-corrected chi connectivity index (χ0v) is 11.5. The summed E-state index contributed by atoms with van der Waals surface area (Å²) in [6.45, 7) is 5.02. The lowest BCUT2D eigenvalue weighted by atomic mass is 10.1. The second-order valence-electron chi connectivity index (χ2n) is 4.60. The minimum absolute atomic E-state index is 0.339. The van der Waals surface area contributed by atoms with Crippen molar-refractivity contribution in [2.45, 2.75) is 26.4 Å². The van der Waals surface area contributed by atoms with Crippen LogP contribution in [0.25, 0.3) is 0 Å². The number of benzene rings is 2. The molecular formula is C16H18ClN. The van der Waals surface area contributed by atoms with Crippen LogP contribution < -0.4 is 5.32 Å². The lowest BCUT2D eigenvalue weighted by Gasteiger charge is -2.14. The fraction of sp³-hybridized carbons (Fsp3) is 0.250. The minimum Gasteiger partial charge on any atom is -0.306 e. The summed E-state index contributed by atoms with van der Waals surface area (Å²) in [4.78, 5) is 0. The van der Waals surface area contributed by atoms with Gasteiger partial charge in [-0.1, -0.05) is 54.1 Å². The molecule has 0 aliphatic carbocycles. The van der Waals surface area contributed by atoms with Crippen LogP contribution in [0, 0.1) is 6.92 Å². The Labute approximate surface area is 114 Å². The molecule has 1 atom stereocenters. The topological polar surface area (TPSA) is 12.0 Å². The molecule has 0 radical (unpaired) electrons. The van der Waals surface area contributed by atoms with Crippen LogP contribution in [0.5, 0.6) is 0 Å². The van der Waals surface area contributed by atoms with Gasteiger partial charge in [0.2, 0.25) is 0 Å². The van der Waals surface area contributed by atoms with E-state index in [1.165, 1.54) is 11.1 Å². The van der Waals surface area contributed by atoms with Gasteiger partial charge < -0.3 is 5.32 Å². The number of rotatable bonds is 4. The van der Waals surface area contributed by atoms with Gasteiger partial charge in [0, 0.05) is 17.6 Å². The van der Waals surface area contributed by atoms with Crippen LogP contribution in [0.15, 0.2) is 48.5 Å². The molecule has 0 bridgehead atoms. The molecule has 94 valence electrons. The number of halogens is 1. The Morgan fingerprint density at radius 2 is 1.83 bits per heavy atom. The molecule has 0 heterocycles. The number of nitrogens with one attached hydrogen (secondary N) is 1. The molecule has 0 amide bonds. The molecule has 2 aromatic rings. The molecule has 0 saturated carbocycles. The van der Waals surface area contributed by atoms with Crippen molar-refractivity contribution in [1.29, 1.82) is 0 Å². The van der Waals surface area contributed by atoms with Gasteiger partial charge in [-0.25, -0.2) is 0 Å². The first-order chi connectivity index (χ1) is 8.66. The van der Waals surface area contributed by atoms with E-state index in [1.807, 2.05) is 19.1 Å². The molecule has 2 heteroatoms. The van der Waals surface area contributed by atoms with E-state index < -0.39 is 0 Å². The van der Waals surface area contributed by atoms with Gasteiger partial charge in [-0.05, 0) is 36.6 Å². The van der Waals surface area contributed by atoms with Crippen LogP contribution in [0.3, 0.4) is 0 Å². The summed E-state index contributed by atoms with van der Waals surface area (Å²) in [6.07, 6.45) is 0. The summed E-state index contributed by atoms with van der Waals surface area (Å²) in [5, 5.41) is 4.34. The lowest BCUT2D eigenvalue weighted by Crippen LogP contribution is -2.17. The van der Waals surface area contributed by atoms with E-state index in [0.717, 1.165) is 17.1 Å². The fourth-order valence-electron chi connectivity index (χ4n) is 1.88. The molecule has 18 heavy (non-hydrogen) atoms. The Hall–Kier alpha value is -1.31. The molecule has 0 spiro atoms. The second-order valence-corrected chi connectivity index (χ2v) is 5.00. The van der Waals surface area contributed by atoms with Crippen LogP contribution >= 0.6 is 11.6 Å². The van der Waals surface area contributed by atoms with Gasteiger partial charge in [-0.3, -0.25) is 0 Å². The summed E-state index contributed by atoms with van der Waals surface area (Å²) >= 11 is 6.12. The Morgan fingerprint density at radius 1 is 1.11 bits per heavy atom. The van der Waals surface area contributed by atoms with Crippen molar-refractivity contribution in [3.63, 3.8) is 0 Å². The van der Waals surface area contributed by atoms with Crippen molar-refractivity contribution in [1.82, 2.24) is 5.32 Å². The Balaban J connectivity index is 1.97. The molecule has 0 aromatic heterocycles. The van der Waals surface area contributed by atoms with E-state index in [0.29, 0.717) is 6.04 Å². The molecular weight excluding hydrogens is 242 g/mol. The second kappa shape index (κ2) is 6.03. The van der Waals surface area contributed by atoms with Gasteiger partial charge in [0.05, 0.1) is 0 Å². The zero-order valence-electron chi connectivity index (χ0n) is 10.8. The first kappa shape index (κ1) is 13.1. The van der Waals surface area contributed by atoms with Crippen LogP contribution in [-0.4, -0.2) is 0 Å². The molecule has 0 fully saturated rings. The van der Waals surface area contributed by atoms with Crippen LogP contribution in [-0.2, 0) is 6.54 Å². The quantitative estimate of drug-likeness (QED) is 0.853. The Kier molecular flexibility index (Phi) is 4.40. The summed E-state index contributed by atoms with van der Waals surface area (Å²) in [6, 6.07) is 17.0. The van der Waals surface area contributed by atoms with E-state index in [-0.39, 0.29) is 0 Å². The van der Waals surface area contributed by atoms with Crippen molar-refractivity contribution in [2.24, 2.45) is 0 Å². The Bertz CT molecular complexity index is 508. The summed E-state index contributed by atoms with van der Waals surface area (Å²) in [5.74, 6) is 0. The van der Waals surface area contributed by atoms with Crippen molar-refractivity contribution < 1.29 is 0 Å². The third-order valence-electron chi connectivity index (χ3n) is 3.15. The molecule has 1 nitrogen and oxygen atoms in total. The van der Waals surface area contributed by atoms with Gasteiger partial charge in [0.1, 0.15) is 0 Å². The predicted molar refractivity (Wildman–Crippen MR) is 77.9 cm³/mol. The highest BCUT2D eigenvalue weighted by Gasteiger charge is 2.04. The van der Waals surface area contributed by atoms with E-state index in [1.54, 1.807) is 0 Å². The standard InChI is InChI=1S/C16H18ClN/c1-12-8-9-14(10-16(12)17)11-18-13(2)15-6-4-3-5-7-15/h3-10,13,18H,11H2,1-2H3. The molecule has 2 rings (SSSR count). The first-order valence-corrected chi connectivity index (χ1v) is 6.58. The number of aryl methyl sites for hydroxylation is 1. The first-order valence-electron chi connectivity index (χ1n) is 6.20. The molecule has 0 aliphatic heterocycles. The van der Waals surface area contributed by atoms with Crippen molar-refractivity contribution in [2.75, 3.05) is 0 Å². The fourth-order valence-corrected chi connectivity index (χ4v) is 2.08. The largest absolute Gasteiger partial charge is 0.306 e. The molecule has 0 saturated heterocycles. The normalized spacial score (nSPS) is 12.4. The number of hydrogen-bond donors (Lipinski definition) is 1. The Morgan fingerprint density at radius 3 is 2.50 bits per heavy atom. The van der Waals surface area contributed by atoms with Crippen LogP contribution in [0.2, 0.25) is 5.02 Å². The maximum absolute atomic E-state index is 6.12. The van der Waals surface area contributed by atoms with Crippen LogP contribution in [0.1, 0.15) is 29.7 Å². The van der Waals surface area contributed by atoms with Gasteiger partial charge in [-0.15, -0.1) is 0 Å². The number of hydrogen-bond acceptors (Lipinski definition) is 1. The van der Waals surface area contributed by atoms with Gasteiger partial charge in [-0.2, -0.15) is 0 Å². The van der Waals surface area contributed by atoms with Gasteiger partial charge >= 0.3 is 0 Å². The molecule has 1 N–H and O–H groups in total. The average Bonchev–Trinajstić information content (AvgIpc) is 2.41. The maximum Gasteiger partial charge on any atom is 0.0438 e. The van der Waals surface area contributed by atoms with E-state index in [4.69, 9.17) is 11.6 Å². The van der Waals surface area contributed by atoms with E-state index in [9.17, 15) is 0 Å². The summed E-state index contributed by atoms with van der Waals surface area (Å²) in [7, 11) is 0. The summed E-state index contributed by atoms with van der Waals surface area (Å²) in [5.41, 5.74) is 3.64. The SMILES string of the molecule is Cc1ccc(CNC(C)c2ccccc2)cc1Cl. The summed E-state index contributed by atoms with van der Waals surface area (Å²) < 4.78 is 0. The molecule has 1 unspecified atom stereocenters. The lowest BCUT2D eigenvalue weighted by molar-refractivity contribution is 0.574. The third-order valence-corrected chi connectivity index (χ3v) is 3.56. The average molecular weight is 260 g/mol. The van der Waals surface area contributed by atoms with E-state index >= 15 is 0 Å². The minimum atomic E-state index is 0.339. The smallest absolute Gasteiger partial charge is 0.0438 e. The highest BCUT2D eigenvalue weighted by Crippen LogP contribution is 2.18. The van der Waals surface area contributed by atoms with E-state index in [2.05, 4.69) is 48.6 Å². The third kappa shape index (κ3) is 3.34. The van der Waals surface area contributed by atoms with Gasteiger partial charge in [0.15, 0.2) is 0 Å². The van der Waals surface area contributed by atoms with Crippen LogP contribution in [0.4, 0.5) is 0 Å². The molecule has 2 aromatic carbocycles. The zero-order chi connectivity index (χ0) is 13.0.